The minimum atomic E-state index is -0.339. The zero-order valence-electron chi connectivity index (χ0n) is 14.6. The fourth-order valence-electron chi connectivity index (χ4n) is 2.18. The zero-order chi connectivity index (χ0) is 18.2. The van der Waals surface area contributed by atoms with Crippen LogP contribution in [0.5, 0.6) is 5.75 Å². The third kappa shape index (κ3) is 4.94. The predicted molar refractivity (Wildman–Crippen MR) is 96.5 cm³/mol. The number of rotatable bonds is 7. The first-order valence-electron chi connectivity index (χ1n) is 7.98. The second-order valence-electron chi connectivity index (χ2n) is 5.38. The van der Waals surface area contributed by atoms with Gasteiger partial charge in [-0.05, 0) is 30.2 Å². The van der Waals surface area contributed by atoms with Crippen molar-refractivity contribution in [3.8, 4) is 5.75 Å². The van der Waals surface area contributed by atoms with Crippen molar-refractivity contribution in [1.82, 2.24) is 15.1 Å². The molecule has 0 radical (unpaired) electrons. The van der Waals surface area contributed by atoms with E-state index in [0.29, 0.717) is 17.9 Å². The van der Waals surface area contributed by atoms with Crippen LogP contribution < -0.4 is 15.4 Å². The molecule has 1 heterocycles. The van der Waals surface area contributed by atoms with Crippen LogP contribution in [0.4, 0.5) is 5.69 Å². The lowest BCUT2D eigenvalue weighted by Gasteiger charge is -2.07. The van der Waals surface area contributed by atoms with Crippen LogP contribution in [0.15, 0.2) is 36.5 Å². The van der Waals surface area contributed by atoms with Crippen molar-refractivity contribution < 1.29 is 14.3 Å². The molecule has 2 N–H and O–H groups in total. The quantitative estimate of drug-likeness (QED) is 0.756. The monoisotopic (exact) mass is 342 g/mol. The molecule has 7 nitrogen and oxygen atoms in total. The summed E-state index contributed by atoms with van der Waals surface area (Å²) in [6.45, 7) is 2.53. The van der Waals surface area contributed by atoms with Crippen LogP contribution in [0.3, 0.4) is 0 Å². The summed E-state index contributed by atoms with van der Waals surface area (Å²) in [5, 5.41) is 9.50. The number of hydrogen-bond acceptors (Lipinski definition) is 4. The summed E-state index contributed by atoms with van der Waals surface area (Å²) in [7, 11) is 3.25. The molecule has 0 aliphatic carbocycles. The smallest absolute Gasteiger partial charge is 0.271 e. The Hall–Kier alpha value is -3.09. The normalized spacial score (nSPS) is 10.7. The van der Waals surface area contributed by atoms with Gasteiger partial charge < -0.3 is 15.4 Å². The van der Waals surface area contributed by atoms with E-state index in [2.05, 4.69) is 15.7 Å². The molecular formula is C18H22N4O3. The van der Waals surface area contributed by atoms with Gasteiger partial charge in [-0.3, -0.25) is 14.3 Å². The SMILES string of the molecule is CCCNC(=O)c1c(NC(=O)/C=C/c2ccc(OC)cc2)cnn1C. The summed E-state index contributed by atoms with van der Waals surface area (Å²) in [6, 6.07) is 7.32. The summed E-state index contributed by atoms with van der Waals surface area (Å²) >= 11 is 0. The van der Waals surface area contributed by atoms with Crippen LogP contribution in [0.25, 0.3) is 6.08 Å². The van der Waals surface area contributed by atoms with Crippen LogP contribution in [-0.2, 0) is 11.8 Å². The number of benzene rings is 1. The second kappa shape index (κ2) is 8.68. The Balaban J connectivity index is 2.05. The van der Waals surface area contributed by atoms with Gasteiger partial charge in [0.05, 0.1) is 19.0 Å². The fourth-order valence-corrected chi connectivity index (χ4v) is 2.18. The molecule has 1 aromatic carbocycles. The molecular weight excluding hydrogens is 320 g/mol. The van der Waals surface area contributed by atoms with Crippen molar-refractivity contribution in [2.45, 2.75) is 13.3 Å². The highest BCUT2D eigenvalue weighted by molar-refractivity contribution is 6.06. The maximum Gasteiger partial charge on any atom is 0.271 e. The van der Waals surface area contributed by atoms with Crippen molar-refractivity contribution in [2.75, 3.05) is 19.0 Å². The minimum Gasteiger partial charge on any atom is -0.497 e. The molecule has 2 aromatic rings. The maximum absolute atomic E-state index is 12.2. The van der Waals surface area contributed by atoms with Crippen molar-refractivity contribution in [3.63, 3.8) is 0 Å². The topological polar surface area (TPSA) is 85.2 Å². The summed E-state index contributed by atoms with van der Waals surface area (Å²) < 4.78 is 6.53. The number of nitrogens with zero attached hydrogens (tertiary/aromatic N) is 2. The summed E-state index contributed by atoms with van der Waals surface area (Å²) in [5.41, 5.74) is 1.56. The molecule has 2 rings (SSSR count). The van der Waals surface area contributed by atoms with Gasteiger partial charge in [-0.15, -0.1) is 0 Å². The number of carbonyl (C=O) groups excluding carboxylic acids is 2. The first-order valence-corrected chi connectivity index (χ1v) is 7.98. The fraction of sp³-hybridized carbons (Fsp3) is 0.278. The molecule has 0 fully saturated rings. The number of methoxy groups -OCH3 is 1. The first kappa shape index (κ1) is 18.3. The van der Waals surface area contributed by atoms with Gasteiger partial charge in [-0.1, -0.05) is 19.1 Å². The van der Waals surface area contributed by atoms with E-state index in [1.54, 1.807) is 20.2 Å². The standard InChI is InChI=1S/C18H22N4O3/c1-4-11-19-18(24)17-15(12-20-22(17)2)21-16(23)10-7-13-5-8-14(25-3)9-6-13/h5-10,12H,4,11H2,1-3H3,(H,19,24)(H,21,23)/b10-7+. The number of anilines is 1. The highest BCUT2D eigenvalue weighted by atomic mass is 16.5. The third-order valence-electron chi connectivity index (χ3n) is 3.49. The highest BCUT2D eigenvalue weighted by Gasteiger charge is 2.17. The van der Waals surface area contributed by atoms with Gasteiger partial charge in [-0.25, -0.2) is 0 Å². The minimum absolute atomic E-state index is 0.267. The molecule has 0 unspecified atom stereocenters. The average Bonchev–Trinajstić information content (AvgIpc) is 2.98. The van der Waals surface area contributed by atoms with Gasteiger partial charge in [0.1, 0.15) is 11.4 Å². The number of aromatic nitrogens is 2. The average molecular weight is 342 g/mol. The first-order chi connectivity index (χ1) is 12.0. The Morgan fingerprint density at radius 3 is 2.64 bits per heavy atom. The Bertz CT molecular complexity index is 763. The molecule has 1 aromatic heterocycles. The molecule has 132 valence electrons. The van der Waals surface area contributed by atoms with E-state index in [9.17, 15) is 9.59 Å². The number of ether oxygens (including phenoxy) is 1. The Labute approximate surface area is 146 Å². The predicted octanol–water partition coefficient (Wildman–Crippen LogP) is 2.22. The van der Waals surface area contributed by atoms with Crippen molar-refractivity contribution in [2.24, 2.45) is 7.05 Å². The molecule has 25 heavy (non-hydrogen) atoms. The molecule has 0 saturated carbocycles. The Morgan fingerprint density at radius 2 is 2.00 bits per heavy atom. The molecule has 0 bridgehead atoms. The summed E-state index contributed by atoms with van der Waals surface area (Å²) in [6.07, 6.45) is 5.38. The number of aryl methyl sites for hydroxylation is 1. The van der Waals surface area contributed by atoms with Crippen molar-refractivity contribution in [1.29, 1.82) is 0 Å². The van der Waals surface area contributed by atoms with Gasteiger partial charge >= 0.3 is 0 Å². The Morgan fingerprint density at radius 1 is 1.28 bits per heavy atom. The van der Waals surface area contributed by atoms with Crippen LogP contribution in [-0.4, -0.2) is 35.2 Å². The molecule has 0 aliphatic heterocycles. The van der Waals surface area contributed by atoms with E-state index >= 15 is 0 Å². The molecule has 0 spiro atoms. The van der Waals surface area contributed by atoms with Gasteiger partial charge in [-0.2, -0.15) is 5.10 Å². The van der Waals surface area contributed by atoms with E-state index in [4.69, 9.17) is 4.74 Å². The van der Waals surface area contributed by atoms with Gasteiger partial charge in [0.25, 0.3) is 5.91 Å². The van der Waals surface area contributed by atoms with Gasteiger partial charge in [0.2, 0.25) is 5.91 Å². The maximum atomic E-state index is 12.2. The lowest BCUT2D eigenvalue weighted by Crippen LogP contribution is -2.27. The lowest BCUT2D eigenvalue weighted by atomic mass is 10.2. The second-order valence-corrected chi connectivity index (χ2v) is 5.38. The largest absolute Gasteiger partial charge is 0.497 e. The van der Waals surface area contributed by atoms with Gasteiger partial charge in [0.15, 0.2) is 0 Å². The van der Waals surface area contributed by atoms with E-state index in [1.165, 1.54) is 17.0 Å². The van der Waals surface area contributed by atoms with Crippen molar-refractivity contribution in [3.05, 3.63) is 47.8 Å². The molecule has 7 heteroatoms. The summed E-state index contributed by atoms with van der Waals surface area (Å²) in [4.78, 5) is 24.3. The number of carbonyl (C=O) groups is 2. The van der Waals surface area contributed by atoms with Crippen LogP contribution in [0.1, 0.15) is 29.4 Å². The van der Waals surface area contributed by atoms with Crippen molar-refractivity contribution >= 4 is 23.6 Å². The summed E-state index contributed by atoms with van der Waals surface area (Å²) in [5.74, 6) is 0.143. The third-order valence-corrected chi connectivity index (χ3v) is 3.49. The van der Waals surface area contributed by atoms with Crippen LogP contribution in [0, 0.1) is 0 Å². The molecule has 0 aliphatic rings. The van der Waals surface area contributed by atoms with Crippen LogP contribution in [0.2, 0.25) is 0 Å². The van der Waals surface area contributed by atoms with Crippen LogP contribution >= 0.6 is 0 Å². The zero-order valence-corrected chi connectivity index (χ0v) is 14.6. The number of nitrogens with one attached hydrogen (secondary N) is 2. The van der Waals surface area contributed by atoms with E-state index < -0.39 is 0 Å². The number of amides is 2. The molecule has 2 amide bonds. The van der Waals surface area contributed by atoms with E-state index in [1.807, 2.05) is 31.2 Å². The molecule has 0 atom stereocenters. The lowest BCUT2D eigenvalue weighted by molar-refractivity contribution is -0.111. The van der Waals surface area contributed by atoms with Gasteiger partial charge in [0, 0.05) is 19.7 Å². The van der Waals surface area contributed by atoms with E-state index in [-0.39, 0.29) is 11.8 Å². The van der Waals surface area contributed by atoms with E-state index in [0.717, 1.165) is 17.7 Å². The number of hydrogen-bond donors (Lipinski definition) is 2. The Kier molecular flexibility index (Phi) is 6.33. The highest BCUT2D eigenvalue weighted by Crippen LogP contribution is 2.15. The molecule has 0 saturated heterocycles.